The van der Waals surface area contributed by atoms with Gasteiger partial charge in [0.25, 0.3) is 0 Å². The molecule has 4 nitrogen and oxygen atoms in total. The molecule has 0 bridgehead atoms. The number of benzene rings is 2. The van der Waals surface area contributed by atoms with E-state index in [0.717, 1.165) is 5.56 Å². The quantitative estimate of drug-likeness (QED) is 0.671. The molecule has 104 valence electrons. The Hall–Kier alpha value is -2.49. The molecule has 0 aliphatic heterocycles. The highest BCUT2D eigenvalue weighted by Crippen LogP contribution is 2.17. The molecule has 0 saturated carbocycles. The zero-order valence-electron chi connectivity index (χ0n) is 11.3. The van der Waals surface area contributed by atoms with E-state index in [9.17, 15) is 4.79 Å². The molecule has 0 amide bonds. The molecule has 4 heteroatoms. The van der Waals surface area contributed by atoms with Crippen LogP contribution in [0.2, 0.25) is 0 Å². The summed E-state index contributed by atoms with van der Waals surface area (Å²) in [4.78, 5) is 11.7. The lowest BCUT2D eigenvalue weighted by Crippen LogP contribution is -2.17. The number of hydrogen-bond acceptors (Lipinski definition) is 4. The van der Waals surface area contributed by atoms with Gasteiger partial charge < -0.3 is 15.2 Å². The zero-order chi connectivity index (χ0) is 14.4. The summed E-state index contributed by atoms with van der Waals surface area (Å²) in [6.45, 7) is 1.69. The molecule has 2 rings (SSSR count). The fourth-order valence-corrected chi connectivity index (χ4v) is 1.77. The molecule has 0 radical (unpaired) electrons. The molecule has 0 aliphatic carbocycles. The van der Waals surface area contributed by atoms with Crippen LogP contribution < -0.4 is 10.5 Å². The predicted octanol–water partition coefficient (Wildman–Crippen LogP) is 2.95. The lowest BCUT2D eigenvalue weighted by atomic mass is 10.1. The molecular weight excluding hydrogens is 254 g/mol. The van der Waals surface area contributed by atoms with E-state index in [1.807, 2.05) is 37.3 Å². The Morgan fingerprint density at radius 1 is 1.15 bits per heavy atom. The molecule has 0 aromatic heterocycles. The summed E-state index contributed by atoms with van der Waals surface area (Å²) in [7, 11) is 0. The zero-order valence-corrected chi connectivity index (χ0v) is 11.3. The largest absolute Gasteiger partial charge is 0.482 e. The maximum absolute atomic E-state index is 11.7. The fraction of sp³-hybridized carbons (Fsp3) is 0.188. The van der Waals surface area contributed by atoms with Crippen LogP contribution in [0.5, 0.6) is 5.75 Å². The van der Waals surface area contributed by atoms with Crippen molar-refractivity contribution >= 4 is 11.7 Å². The van der Waals surface area contributed by atoms with Gasteiger partial charge in [0.15, 0.2) is 6.61 Å². The summed E-state index contributed by atoms with van der Waals surface area (Å²) in [6.07, 6.45) is -0.298. The third-order valence-corrected chi connectivity index (χ3v) is 2.79. The maximum atomic E-state index is 11.7. The predicted molar refractivity (Wildman–Crippen MR) is 77.3 cm³/mol. The van der Waals surface area contributed by atoms with Gasteiger partial charge in [-0.05, 0) is 24.6 Å². The van der Waals surface area contributed by atoms with Gasteiger partial charge in [0.05, 0.1) is 0 Å². The van der Waals surface area contributed by atoms with Gasteiger partial charge in [0.1, 0.15) is 11.9 Å². The molecule has 2 aromatic rings. The lowest BCUT2D eigenvalue weighted by molar-refractivity contribution is -0.151. The first kappa shape index (κ1) is 13.9. The van der Waals surface area contributed by atoms with Gasteiger partial charge in [-0.15, -0.1) is 0 Å². The van der Waals surface area contributed by atoms with Gasteiger partial charge in [-0.2, -0.15) is 0 Å². The van der Waals surface area contributed by atoms with Crippen molar-refractivity contribution in [2.45, 2.75) is 13.0 Å². The number of ether oxygens (including phenoxy) is 2. The molecule has 0 aliphatic rings. The molecule has 0 fully saturated rings. The first-order chi connectivity index (χ1) is 9.65. The smallest absolute Gasteiger partial charge is 0.344 e. The molecule has 2 N–H and O–H groups in total. The number of rotatable bonds is 5. The summed E-state index contributed by atoms with van der Waals surface area (Å²) in [6, 6.07) is 16.5. The summed E-state index contributed by atoms with van der Waals surface area (Å²) in [5.74, 6) is 0.137. The molecule has 1 unspecified atom stereocenters. The van der Waals surface area contributed by atoms with Gasteiger partial charge in [-0.3, -0.25) is 0 Å². The fourth-order valence-electron chi connectivity index (χ4n) is 1.77. The average Bonchev–Trinajstić information content (AvgIpc) is 2.46. The van der Waals surface area contributed by atoms with Gasteiger partial charge in [-0.25, -0.2) is 4.79 Å². The highest BCUT2D eigenvalue weighted by atomic mass is 16.6. The van der Waals surface area contributed by atoms with Gasteiger partial charge in [-0.1, -0.05) is 36.4 Å². The Balaban J connectivity index is 1.84. The Morgan fingerprint density at radius 3 is 2.60 bits per heavy atom. The van der Waals surface area contributed by atoms with Crippen molar-refractivity contribution in [3.8, 4) is 5.75 Å². The van der Waals surface area contributed by atoms with E-state index in [-0.39, 0.29) is 12.7 Å². The lowest BCUT2D eigenvalue weighted by Gasteiger charge is -2.14. The first-order valence-corrected chi connectivity index (χ1v) is 6.38. The van der Waals surface area contributed by atoms with Crippen molar-refractivity contribution in [1.82, 2.24) is 0 Å². The van der Waals surface area contributed by atoms with Crippen molar-refractivity contribution in [1.29, 1.82) is 0 Å². The Kier molecular flexibility index (Phi) is 4.60. The van der Waals surface area contributed by atoms with Crippen LogP contribution in [0.1, 0.15) is 18.6 Å². The van der Waals surface area contributed by atoms with Crippen molar-refractivity contribution in [2.75, 3.05) is 12.3 Å². The number of anilines is 1. The molecule has 0 saturated heterocycles. The van der Waals surface area contributed by atoms with E-state index in [1.54, 1.807) is 24.3 Å². The number of carbonyl (C=O) groups excluding carboxylic acids is 1. The molecule has 20 heavy (non-hydrogen) atoms. The topological polar surface area (TPSA) is 61.5 Å². The van der Waals surface area contributed by atoms with Crippen LogP contribution >= 0.6 is 0 Å². The van der Waals surface area contributed by atoms with Crippen LogP contribution in [-0.2, 0) is 9.53 Å². The van der Waals surface area contributed by atoms with Crippen molar-refractivity contribution in [3.05, 3.63) is 60.2 Å². The van der Waals surface area contributed by atoms with Crippen molar-refractivity contribution < 1.29 is 14.3 Å². The van der Waals surface area contributed by atoms with Crippen molar-refractivity contribution in [2.24, 2.45) is 0 Å². The summed E-state index contributed by atoms with van der Waals surface area (Å²) in [5.41, 5.74) is 7.17. The normalized spacial score (nSPS) is 11.7. The summed E-state index contributed by atoms with van der Waals surface area (Å²) < 4.78 is 10.6. The average molecular weight is 271 g/mol. The molecule has 0 heterocycles. The molecular formula is C16H17NO3. The van der Waals surface area contributed by atoms with Crippen LogP contribution in [0.15, 0.2) is 54.6 Å². The Labute approximate surface area is 118 Å². The second-order valence-electron chi connectivity index (χ2n) is 4.40. The van der Waals surface area contributed by atoms with Crippen LogP contribution in [0.25, 0.3) is 0 Å². The number of nitrogen functional groups attached to an aromatic ring is 1. The van der Waals surface area contributed by atoms with E-state index >= 15 is 0 Å². The standard InChI is InChI=1S/C16H17NO3/c1-12(13-6-3-2-4-7-13)20-16(18)11-19-15-9-5-8-14(17)10-15/h2-10,12H,11,17H2,1H3. The summed E-state index contributed by atoms with van der Waals surface area (Å²) >= 11 is 0. The number of hydrogen-bond donors (Lipinski definition) is 1. The Morgan fingerprint density at radius 2 is 1.90 bits per heavy atom. The monoisotopic (exact) mass is 271 g/mol. The van der Waals surface area contributed by atoms with Crippen LogP contribution in [0.4, 0.5) is 5.69 Å². The summed E-state index contributed by atoms with van der Waals surface area (Å²) in [5, 5.41) is 0. The van der Waals surface area contributed by atoms with Crippen LogP contribution in [0, 0.1) is 0 Å². The second-order valence-corrected chi connectivity index (χ2v) is 4.40. The van der Waals surface area contributed by atoms with Gasteiger partial charge >= 0.3 is 5.97 Å². The minimum absolute atomic E-state index is 0.138. The van der Waals surface area contributed by atoms with Gasteiger partial charge in [0.2, 0.25) is 0 Å². The minimum Gasteiger partial charge on any atom is -0.482 e. The second kappa shape index (κ2) is 6.61. The van der Waals surface area contributed by atoms with E-state index in [0.29, 0.717) is 11.4 Å². The van der Waals surface area contributed by atoms with Crippen LogP contribution in [-0.4, -0.2) is 12.6 Å². The first-order valence-electron chi connectivity index (χ1n) is 6.38. The van der Waals surface area contributed by atoms with Crippen LogP contribution in [0.3, 0.4) is 0 Å². The van der Waals surface area contributed by atoms with E-state index < -0.39 is 5.97 Å². The molecule has 0 spiro atoms. The van der Waals surface area contributed by atoms with Crippen molar-refractivity contribution in [3.63, 3.8) is 0 Å². The van der Waals surface area contributed by atoms with E-state index in [4.69, 9.17) is 15.2 Å². The third kappa shape index (κ3) is 4.02. The number of nitrogens with two attached hydrogens (primary N) is 1. The third-order valence-electron chi connectivity index (χ3n) is 2.79. The van der Waals surface area contributed by atoms with Gasteiger partial charge in [0, 0.05) is 11.8 Å². The molecule has 2 aromatic carbocycles. The highest BCUT2D eigenvalue weighted by Gasteiger charge is 2.11. The highest BCUT2D eigenvalue weighted by molar-refractivity contribution is 5.71. The molecule has 1 atom stereocenters. The SMILES string of the molecule is CC(OC(=O)COc1cccc(N)c1)c1ccccc1. The van der Waals surface area contributed by atoms with E-state index in [1.165, 1.54) is 0 Å². The maximum Gasteiger partial charge on any atom is 0.344 e. The number of esters is 1. The van der Waals surface area contributed by atoms with E-state index in [2.05, 4.69) is 0 Å². The number of carbonyl (C=O) groups is 1. The Bertz CT molecular complexity index is 569. The minimum atomic E-state index is -0.413.